The van der Waals surface area contributed by atoms with E-state index < -0.39 is 0 Å². The van der Waals surface area contributed by atoms with Gasteiger partial charge in [0.05, 0.1) is 19.6 Å². The summed E-state index contributed by atoms with van der Waals surface area (Å²) >= 11 is 0. The third kappa shape index (κ3) is 1.83. The SMILES string of the molecule is COc1ccc2[nH]cc(-c3cc4c(OC)ccnc4[nH]3)c2c1. The highest BCUT2D eigenvalue weighted by Gasteiger charge is 2.12. The lowest BCUT2D eigenvalue weighted by atomic mass is 10.1. The molecule has 0 aliphatic rings. The number of ether oxygens (including phenoxy) is 2. The second-order valence-corrected chi connectivity index (χ2v) is 5.07. The zero-order valence-corrected chi connectivity index (χ0v) is 12.3. The molecular weight excluding hydrogens is 278 g/mol. The largest absolute Gasteiger partial charge is 0.497 e. The van der Waals surface area contributed by atoms with E-state index in [4.69, 9.17) is 9.47 Å². The lowest BCUT2D eigenvalue weighted by Gasteiger charge is -2.00. The Hall–Kier alpha value is -2.95. The van der Waals surface area contributed by atoms with Crippen LogP contribution in [0.25, 0.3) is 33.2 Å². The molecule has 4 aromatic rings. The highest BCUT2D eigenvalue weighted by atomic mass is 16.5. The molecule has 0 saturated carbocycles. The molecule has 3 aromatic heterocycles. The Bertz CT molecular complexity index is 969. The van der Waals surface area contributed by atoms with Crippen LogP contribution >= 0.6 is 0 Å². The number of H-pyrrole nitrogens is 2. The standard InChI is InChI=1S/C17H15N3O2/c1-21-10-3-4-14-11(7-10)13(9-19-14)15-8-12-16(22-2)5-6-18-17(12)20-15/h3-9,19H,1-2H3,(H,18,20). The molecule has 110 valence electrons. The van der Waals surface area contributed by atoms with Gasteiger partial charge in [0, 0.05) is 34.6 Å². The number of nitrogens with one attached hydrogen (secondary N) is 2. The monoisotopic (exact) mass is 293 g/mol. The quantitative estimate of drug-likeness (QED) is 0.605. The van der Waals surface area contributed by atoms with Crippen LogP contribution in [0.2, 0.25) is 0 Å². The van der Waals surface area contributed by atoms with E-state index in [1.165, 1.54) is 0 Å². The molecule has 0 bridgehead atoms. The highest BCUT2D eigenvalue weighted by Crippen LogP contribution is 2.34. The van der Waals surface area contributed by atoms with Crippen molar-refractivity contribution in [1.29, 1.82) is 0 Å². The maximum Gasteiger partial charge on any atom is 0.141 e. The Morgan fingerprint density at radius 2 is 1.91 bits per heavy atom. The van der Waals surface area contributed by atoms with Crippen molar-refractivity contribution in [3.05, 3.63) is 42.7 Å². The number of methoxy groups -OCH3 is 2. The van der Waals surface area contributed by atoms with Crippen molar-refractivity contribution in [2.24, 2.45) is 0 Å². The second kappa shape index (κ2) is 4.80. The van der Waals surface area contributed by atoms with E-state index >= 15 is 0 Å². The van der Waals surface area contributed by atoms with Gasteiger partial charge in [-0.3, -0.25) is 0 Å². The highest BCUT2D eigenvalue weighted by molar-refractivity contribution is 5.98. The first-order chi connectivity index (χ1) is 10.8. The van der Waals surface area contributed by atoms with Gasteiger partial charge in [-0.05, 0) is 30.3 Å². The lowest BCUT2D eigenvalue weighted by molar-refractivity contribution is 0.415. The average molecular weight is 293 g/mol. The van der Waals surface area contributed by atoms with Crippen molar-refractivity contribution in [2.75, 3.05) is 14.2 Å². The van der Waals surface area contributed by atoms with Crippen LogP contribution < -0.4 is 9.47 Å². The van der Waals surface area contributed by atoms with Gasteiger partial charge in [0.25, 0.3) is 0 Å². The van der Waals surface area contributed by atoms with Crippen molar-refractivity contribution in [3.63, 3.8) is 0 Å². The van der Waals surface area contributed by atoms with E-state index in [9.17, 15) is 0 Å². The summed E-state index contributed by atoms with van der Waals surface area (Å²) in [5, 5.41) is 2.07. The van der Waals surface area contributed by atoms with Gasteiger partial charge in [-0.1, -0.05) is 0 Å². The van der Waals surface area contributed by atoms with Crippen molar-refractivity contribution < 1.29 is 9.47 Å². The molecule has 0 aliphatic carbocycles. The minimum atomic E-state index is 0.810. The van der Waals surface area contributed by atoms with Crippen LogP contribution in [0.1, 0.15) is 0 Å². The third-order valence-corrected chi connectivity index (χ3v) is 3.89. The van der Waals surface area contributed by atoms with Crippen molar-refractivity contribution in [3.8, 4) is 22.8 Å². The number of pyridine rings is 1. The second-order valence-electron chi connectivity index (χ2n) is 5.07. The molecule has 0 unspecified atom stereocenters. The van der Waals surface area contributed by atoms with Crippen LogP contribution in [0.3, 0.4) is 0 Å². The molecule has 0 fully saturated rings. The number of hydrogen-bond acceptors (Lipinski definition) is 3. The lowest BCUT2D eigenvalue weighted by Crippen LogP contribution is -1.84. The van der Waals surface area contributed by atoms with E-state index in [-0.39, 0.29) is 0 Å². The van der Waals surface area contributed by atoms with E-state index in [1.54, 1.807) is 20.4 Å². The first-order valence-corrected chi connectivity index (χ1v) is 6.97. The van der Waals surface area contributed by atoms with Gasteiger partial charge >= 0.3 is 0 Å². The van der Waals surface area contributed by atoms with Crippen LogP contribution in [0.15, 0.2) is 42.7 Å². The first-order valence-electron chi connectivity index (χ1n) is 6.97. The topological polar surface area (TPSA) is 62.9 Å². The number of rotatable bonds is 3. The van der Waals surface area contributed by atoms with E-state index in [0.717, 1.165) is 44.7 Å². The molecule has 22 heavy (non-hydrogen) atoms. The van der Waals surface area contributed by atoms with Gasteiger partial charge in [0.15, 0.2) is 0 Å². The summed E-state index contributed by atoms with van der Waals surface area (Å²) in [6.45, 7) is 0. The maximum atomic E-state index is 5.39. The molecule has 4 rings (SSSR count). The maximum absolute atomic E-state index is 5.39. The summed E-state index contributed by atoms with van der Waals surface area (Å²) in [5.74, 6) is 1.64. The van der Waals surface area contributed by atoms with E-state index in [1.807, 2.05) is 30.5 Å². The minimum Gasteiger partial charge on any atom is -0.497 e. The summed E-state index contributed by atoms with van der Waals surface area (Å²) in [5.41, 5.74) is 3.95. The number of fused-ring (bicyclic) bond motifs is 2. The fourth-order valence-corrected chi connectivity index (χ4v) is 2.78. The number of aromatic nitrogens is 3. The predicted octanol–water partition coefficient (Wildman–Crippen LogP) is 3.73. The Morgan fingerprint density at radius 1 is 1.00 bits per heavy atom. The smallest absolute Gasteiger partial charge is 0.141 e. The van der Waals surface area contributed by atoms with Crippen LogP contribution in [0.5, 0.6) is 11.5 Å². The van der Waals surface area contributed by atoms with E-state index in [2.05, 4.69) is 21.0 Å². The summed E-state index contributed by atoms with van der Waals surface area (Å²) < 4.78 is 10.7. The van der Waals surface area contributed by atoms with Gasteiger partial charge in [-0.2, -0.15) is 0 Å². The summed E-state index contributed by atoms with van der Waals surface area (Å²) in [7, 11) is 3.34. The Kier molecular flexibility index (Phi) is 2.79. The molecule has 3 heterocycles. The Labute approximate surface area is 126 Å². The van der Waals surface area contributed by atoms with E-state index in [0.29, 0.717) is 0 Å². The molecular formula is C17H15N3O2. The third-order valence-electron chi connectivity index (χ3n) is 3.89. The van der Waals surface area contributed by atoms with Gasteiger partial charge in [0.2, 0.25) is 0 Å². The minimum absolute atomic E-state index is 0.810. The van der Waals surface area contributed by atoms with Crippen LogP contribution in [-0.4, -0.2) is 29.2 Å². The molecule has 0 radical (unpaired) electrons. The zero-order chi connectivity index (χ0) is 15.1. The van der Waals surface area contributed by atoms with Gasteiger partial charge in [-0.25, -0.2) is 4.98 Å². The Morgan fingerprint density at radius 3 is 2.73 bits per heavy atom. The molecule has 0 atom stereocenters. The predicted molar refractivity (Wildman–Crippen MR) is 86.5 cm³/mol. The molecule has 0 spiro atoms. The first kappa shape index (κ1) is 12.8. The fraction of sp³-hybridized carbons (Fsp3) is 0.118. The molecule has 0 amide bonds. The van der Waals surface area contributed by atoms with Gasteiger partial charge in [-0.15, -0.1) is 0 Å². The molecule has 2 N–H and O–H groups in total. The summed E-state index contributed by atoms with van der Waals surface area (Å²) in [6, 6.07) is 9.90. The summed E-state index contributed by atoms with van der Waals surface area (Å²) in [6.07, 6.45) is 3.72. The number of hydrogen-bond donors (Lipinski definition) is 2. The number of benzene rings is 1. The number of nitrogens with zero attached hydrogens (tertiary/aromatic N) is 1. The average Bonchev–Trinajstić information content (AvgIpc) is 3.16. The molecule has 5 heteroatoms. The molecule has 1 aromatic carbocycles. The molecule has 0 aliphatic heterocycles. The van der Waals surface area contributed by atoms with Crippen molar-refractivity contribution >= 4 is 21.9 Å². The van der Waals surface area contributed by atoms with Crippen molar-refractivity contribution in [2.45, 2.75) is 0 Å². The van der Waals surface area contributed by atoms with Crippen LogP contribution in [0.4, 0.5) is 0 Å². The zero-order valence-electron chi connectivity index (χ0n) is 12.3. The van der Waals surface area contributed by atoms with Crippen LogP contribution in [0, 0.1) is 0 Å². The molecule has 0 saturated heterocycles. The van der Waals surface area contributed by atoms with Crippen molar-refractivity contribution in [1.82, 2.24) is 15.0 Å². The number of aromatic amines is 2. The van der Waals surface area contributed by atoms with Gasteiger partial charge in [0.1, 0.15) is 17.1 Å². The van der Waals surface area contributed by atoms with Gasteiger partial charge < -0.3 is 19.4 Å². The summed E-state index contributed by atoms with van der Waals surface area (Å²) in [4.78, 5) is 11.0. The molecule has 5 nitrogen and oxygen atoms in total. The Balaban J connectivity index is 1.95. The normalized spacial score (nSPS) is 11.2. The fourth-order valence-electron chi connectivity index (χ4n) is 2.78. The van der Waals surface area contributed by atoms with Crippen LogP contribution in [-0.2, 0) is 0 Å².